The van der Waals surface area contributed by atoms with E-state index in [1.54, 1.807) is 18.3 Å². The molecule has 0 aliphatic rings. The van der Waals surface area contributed by atoms with Crippen molar-refractivity contribution in [3.63, 3.8) is 0 Å². The van der Waals surface area contributed by atoms with Crippen LogP contribution in [0.15, 0.2) is 53.7 Å². The van der Waals surface area contributed by atoms with E-state index in [-0.39, 0.29) is 4.90 Å². The Morgan fingerprint density at radius 2 is 1.96 bits per heavy atom. The van der Waals surface area contributed by atoms with Crippen molar-refractivity contribution in [1.82, 2.24) is 14.3 Å². The number of halogens is 1. The molecule has 0 aliphatic carbocycles. The average molecular weight is 378 g/mol. The Morgan fingerprint density at radius 1 is 1.20 bits per heavy atom. The monoisotopic (exact) mass is 377 g/mol. The van der Waals surface area contributed by atoms with Gasteiger partial charge < -0.3 is 4.57 Å². The van der Waals surface area contributed by atoms with Crippen LogP contribution in [0.25, 0.3) is 11.0 Å². The molecule has 3 aromatic rings. The third-order valence-corrected chi connectivity index (χ3v) is 5.72. The smallest absolute Gasteiger partial charge is 0.240 e. The van der Waals surface area contributed by atoms with Crippen molar-refractivity contribution in [2.75, 3.05) is 6.54 Å². The van der Waals surface area contributed by atoms with E-state index in [1.165, 1.54) is 12.1 Å². The number of aryl methyl sites for hydroxylation is 1. The van der Waals surface area contributed by atoms with Gasteiger partial charge in [0.1, 0.15) is 5.65 Å². The lowest BCUT2D eigenvalue weighted by Gasteiger charge is -2.06. The Labute approximate surface area is 152 Å². The van der Waals surface area contributed by atoms with Gasteiger partial charge in [-0.15, -0.1) is 0 Å². The number of aromatic nitrogens is 2. The Bertz CT molecular complexity index is 966. The lowest BCUT2D eigenvalue weighted by atomic mass is 10.2. The fourth-order valence-corrected chi connectivity index (χ4v) is 3.98. The maximum absolute atomic E-state index is 12.3. The summed E-state index contributed by atoms with van der Waals surface area (Å²) in [5, 5.41) is 1.58. The number of benzene rings is 1. The van der Waals surface area contributed by atoms with E-state index < -0.39 is 10.0 Å². The van der Waals surface area contributed by atoms with Gasteiger partial charge in [-0.1, -0.05) is 18.5 Å². The molecule has 3 rings (SSSR count). The van der Waals surface area contributed by atoms with Crippen molar-refractivity contribution in [3.05, 3.63) is 59.4 Å². The molecular formula is C18H20ClN3O2S. The van der Waals surface area contributed by atoms with Gasteiger partial charge in [-0.25, -0.2) is 18.1 Å². The minimum atomic E-state index is -3.53. The van der Waals surface area contributed by atoms with Gasteiger partial charge in [-0.2, -0.15) is 0 Å². The van der Waals surface area contributed by atoms with Crippen molar-refractivity contribution < 1.29 is 8.42 Å². The fraction of sp³-hybridized carbons (Fsp3) is 0.278. The van der Waals surface area contributed by atoms with Gasteiger partial charge in [0.05, 0.1) is 4.90 Å². The number of hydrogen-bond donors (Lipinski definition) is 1. The molecule has 7 heteroatoms. The average Bonchev–Trinajstić information content (AvgIpc) is 2.94. The molecule has 0 bridgehead atoms. The number of rotatable bonds is 7. The minimum absolute atomic E-state index is 0.215. The van der Waals surface area contributed by atoms with Gasteiger partial charge in [0.15, 0.2) is 0 Å². The zero-order valence-electron chi connectivity index (χ0n) is 13.9. The molecule has 0 saturated carbocycles. The molecule has 0 atom stereocenters. The summed E-state index contributed by atoms with van der Waals surface area (Å²) in [6.45, 7) is 3.34. The largest absolute Gasteiger partial charge is 0.332 e. The number of sulfonamides is 1. The minimum Gasteiger partial charge on any atom is -0.332 e. The van der Waals surface area contributed by atoms with Crippen LogP contribution >= 0.6 is 11.6 Å². The number of nitrogens with zero attached hydrogens (tertiary/aromatic N) is 2. The summed E-state index contributed by atoms with van der Waals surface area (Å²) in [5.41, 5.74) is 2.04. The van der Waals surface area contributed by atoms with Crippen molar-refractivity contribution in [3.8, 4) is 0 Å². The topological polar surface area (TPSA) is 64.0 Å². The van der Waals surface area contributed by atoms with Crippen molar-refractivity contribution in [2.45, 2.75) is 31.2 Å². The highest BCUT2D eigenvalue weighted by Gasteiger charge is 2.14. The van der Waals surface area contributed by atoms with E-state index >= 15 is 0 Å². The summed E-state index contributed by atoms with van der Waals surface area (Å²) in [6.07, 6.45) is 5.47. The first-order valence-electron chi connectivity index (χ1n) is 8.19. The lowest BCUT2D eigenvalue weighted by Crippen LogP contribution is -2.25. The molecule has 0 spiro atoms. The van der Waals surface area contributed by atoms with Gasteiger partial charge in [-0.05, 0) is 54.8 Å². The molecule has 132 valence electrons. The van der Waals surface area contributed by atoms with E-state index in [2.05, 4.69) is 27.4 Å². The second kappa shape index (κ2) is 7.56. The number of hydrogen-bond acceptors (Lipinski definition) is 3. The molecule has 2 heterocycles. The van der Waals surface area contributed by atoms with Crippen molar-refractivity contribution in [1.29, 1.82) is 0 Å². The van der Waals surface area contributed by atoms with E-state index in [9.17, 15) is 8.42 Å². The first-order chi connectivity index (χ1) is 12.0. The molecule has 0 radical (unpaired) electrons. The molecule has 0 aliphatic heterocycles. The highest BCUT2D eigenvalue weighted by Crippen LogP contribution is 2.20. The summed E-state index contributed by atoms with van der Waals surface area (Å²) in [7, 11) is -3.53. The number of pyridine rings is 1. The molecule has 0 fully saturated rings. The molecular weight excluding hydrogens is 358 g/mol. The second-order valence-corrected chi connectivity index (χ2v) is 8.03. The quantitative estimate of drug-likeness (QED) is 0.683. The molecule has 2 aromatic heterocycles. The normalized spacial score (nSPS) is 11.9. The van der Waals surface area contributed by atoms with Crippen LogP contribution in [0.5, 0.6) is 0 Å². The van der Waals surface area contributed by atoms with Crippen LogP contribution in [0.2, 0.25) is 5.02 Å². The standard InChI is InChI=1S/C18H20ClN3O2S/c1-2-12-22-13-14(17-4-3-10-20-18(17)22)9-11-21-25(23,24)16-7-5-15(19)6-8-16/h3-8,10,13,21H,2,9,11-12H2,1H3. The first kappa shape index (κ1) is 17.9. The predicted octanol–water partition coefficient (Wildman–Crippen LogP) is 3.62. The third kappa shape index (κ3) is 4.03. The van der Waals surface area contributed by atoms with Crippen LogP contribution in [0.4, 0.5) is 0 Å². The second-order valence-electron chi connectivity index (χ2n) is 5.82. The number of fused-ring (bicyclic) bond motifs is 1. The Balaban J connectivity index is 1.74. The molecule has 1 N–H and O–H groups in total. The third-order valence-electron chi connectivity index (χ3n) is 3.99. The van der Waals surface area contributed by atoms with Crippen LogP contribution < -0.4 is 4.72 Å². The molecule has 5 nitrogen and oxygen atoms in total. The van der Waals surface area contributed by atoms with E-state index in [0.717, 1.165) is 29.6 Å². The predicted molar refractivity (Wildman–Crippen MR) is 100 cm³/mol. The molecule has 0 unspecified atom stereocenters. The van der Waals surface area contributed by atoms with Crippen LogP contribution in [-0.4, -0.2) is 24.5 Å². The van der Waals surface area contributed by atoms with Gasteiger partial charge in [0.2, 0.25) is 10.0 Å². The summed E-state index contributed by atoms with van der Waals surface area (Å²) in [6, 6.07) is 10.1. The molecule has 1 aromatic carbocycles. The Morgan fingerprint density at radius 3 is 2.68 bits per heavy atom. The Kier molecular flexibility index (Phi) is 5.42. The zero-order valence-corrected chi connectivity index (χ0v) is 15.5. The van der Waals surface area contributed by atoms with E-state index in [0.29, 0.717) is 18.0 Å². The molecule has 0 amide bonds. The van der Waals surface area contributed by atoms with Gasteiger partial charge in [-0.3, -0.25) is 0 Å². The fourth-order valence-electron chi connectivity index (χ4n) is 2.82. The molecule has 25 heavy (non-hydrogen) atoms. The van der Waals surface area contributed by atoms with Crippen LogP contribution in [0.3, 0.4) is 0 Å². The maximum atomic E-state index is 12.3. The first-order valence-corrected chi connectivity index (χ1v) is 10.1. The summed E-state index contributed by atoms with van der Waals surface area (Å²) >= 11 is 5.81. The van der Waals surface area contributed by atoms with Crippen LogP contribution in [0.1, 0.15) is 18.9 Å². The highest BCUT2D eigenvalue weighted by molar-refractivity contribution is 7.89. The van der Waals surface area contributed by atoms with Gasteiger partial charge in [0.25, 0.3) is 0 Å². The summed E-state index contributed by atoms with van der Waals surface area (Å²) in [5.74, 6) is 0. The Hall–Kier alpha value is -1.89. The number of nitrogens with one attached hydrogen (secondary N) is 1. The van der Waals surface area contributed by atoms with Gasteiger partial charge >= 0.3 is 0 Å². The molecule has 0 saturated heterocycles. The van der Waals surface area contributed by atoms with Crippen molar-refractivity contribution >= 4 is 32.7 Å². The SMILES string of the molecule is CCCn1cc(CCNS(=O)(=O)c2ccc(Cl)cc2)c2cccnc21. The van der Waals surface area contributed by atoms with Crippen LogP contribution in [0, 0.1) is 0 Å². The van der Waals surface area contributed by atoms with Crippen molar-refractivity contribution in [2.24, 2.45) is 0 Å². The van der Waals surface area contributed by atoms with Gasteiger partial charge in [0, 0.05) is 35.9 Å². The highest BCUT2D eigenvalue weighted by atomic mass is 35.5. The summed E-state index contributed by atoms with van der Waals surface area (Å²) < 4.78 is 29.4. The van der Waals surface area contributed by atoms with Crippen LogP contribution in [-0.2, 0) is 23.0 Å². The van der Waals surface area contributed by atoms with E-state index in [1.807, 2.05) is 12.1 Å². The maximum Gasteiger partial charge on any atom is 0.240 e. The summed E-state index contributed by atoms with van der Waals surface area (Å²) in [4.78, 5) is 4.66. The van der Waals surface area contributed by atoms with E-state index in [4.69, 9.17) is 11.6 Å². The zero-order chi connectivity index (χ0) is 17.9. The lowest BCUT2D eigenvalue weighted by molar-refractivity contribution is 0.581.